The number of methoxy groups -OCH3 is 1. The monoisotopic (exact) mass is 277 g/mol. The predicted octanol–water partition coefficient (Wildman–Crippen LogP) is 3.35. The lowest BCUT2D eigenvalue weighted by Crippen LogP contribution is -2.32. The highest BCUT2D eigenvalue weighted by atomic mass is 16.5. The van der Waals surface area contributed by atoms with Crippen LogP contribution in [0.4, 0.5) is 0 Å². The van der Waals surface area contributed by atoms with Crippen molar-refractivity contribution in [2.45, 2.75) is 52.0 Å². The molecule has 1 heterocycles. The van der Waals surface area contributed by atoms with E-state index in [1.54, 1.807) is 7.11 Å². The summed E-state index contributed by atoms with van der Waals surface area (Å²) in [4.78, 5) is 0. The van der Waals surface area contributed by atoms with Gasteiger partial charge in [0.2, 0.25) is 5.88 Å². The summed E-state index contributed by atoms with van der Waals surface area (Å²) in [7, 11) is 1.62. The molecule has 1 N–H and O–H groups in total. The Bertz CT molecular complexity index is 393. The molecule has 0 aliphatic heterocycles. The molecule has 0 spiro atoms. The fourth-order valence-electron chi connectivity index (χ4n) is 3.20. The van der Waals surface area contributed by atoms with Crippen molar-refractivity contribution >= 4 is 0 Å². The standard InChI is InChI=1S/C16H27N3O/c1-4-10-17-16(13-7-5-6-12(2)11-13)14-8-9-15(20-3)19-18-14/h8-9,12-13,16-17H,4-7,10-11H2,1-3H3. The average molecular weight is 277 g/mol. The number of hydrogen-bond acceptors (Lipinski definition) is 4. The Morgan fingerprint density at radius 1 is 1.35 bits per heavy atom. The molecule has 1 aromatic heterocycles. The summed E-state index contributed by atoms with van der Waals surface area (Å²) in [5.41, 5.74) is 1.05. The van der Waals surface area contributed by atoms with Crippen LogP contribution >= 0.6 is 0 Å². The molecule has 112 valence electrons. The van der Waals surface area contributed by atoms with Crippen molar-refractivity contribution < 1.29 is 4.74 Å². The fourth-order valence-corrected chi connectivity index (χ4v) is 3.20. The van der Waals surface area contributed by atoms with Crippen LogP contribution < -0.4 is 10.1 Å². The first-order chi connectivity index (χ1) is 9.74. The van der Waals surface area contributed by atoms with Gasteiger partial charge < -0.3 is 10.1 Å². The zero-order valence-corrected chi connectivity index (χ0v) is 12.9. The normalized spacial score (nSPS) is 24.4. The number of nitrogens with one attached hydrogen (secondary N) is 1. The topological polar surface area (TPSA) is 47.0 Å². The van der Waals surface area contributed by atoms with Gasteiger partial charge in [-0.1, -0.05) is 26.7 Å². The number of hydrogen-bond donors (Lipinski definition) is 1. The first kappa shape index (κ1) is 15.2. The molecule has 0 aromatic carbocycles. The van der Waals surface area contributed by atoms with Crippen molar-refractivity contribution in [3.63, 3.8) is 0 Å². The van der Waals surface area contributed by atoms with E-state index in [0.29, 0.717) is 17.8 Å². The molecule has 1 saturated carbocycles. The van der Waals surface area contributed by atoms with Gasteiger partial charge >= 0.3 is 0 Å². The van der Waals surface area contributed by atoms with Crippen molar-refractivity contribution in [3.05, 3.63) is 17.8 Å². The van der Waals surface area contributed by atoms with Gasteiger partial charge in [-0.3, -0.25) is 0 Å². The highest BCUT2D eigenvalue weighted by molar-refractivity contribution is 5.15. The maximum Gasteiger partial charge on any atom is 0.233 e. The van der Waals surface area contributed by atoms with E-state index in [0.717, 1.165) is 24.6 Å². The minimum atomic E-state index is 0.330. The fraction of sp³-hybridized carbons (Fsp3) is 0.750. The molecule has 1 aliphatic rings. The van der Waals surface area contributed by atoms with E-state index in [-0.39, 0.29) is 0 Å². The van der Waals surface area contributed by atoms with Gasteiger partial charge in [-0.2, -0.15) is 5.10 Å². The second-order valence-electron chi connectivity index (χ2n) is 5.96. The van der Waals surface area contributed by atoms with Crippen LogP contribution in [-0.2, 0) is 0 Å². The van der Waals surface area contributed by atoms with E-state index in [2.05, 4.69) is 35.4 Å². The van der Waals surface area contributed by atoms with E-state index in [4.69, 9.17) is 4.74 Å². The Labute approximate surface area is 122 Å². The van der Waals surface area contributed by atoms with Gasteiger partial charge in [0.15, 0.2) is 0 Å². The highest BCUT2D eigenvalue weighted by Crippen LogP contribution is 2.36. The molecule has 1 aromatic rings. The summed E-state index contributed by atoms with van der Waals surface area (Å²) in [6.45, 7) is 5.60. The Kier molecular flexibility index (Phi) is 5.77. The molecule has 0 saturated heterocycles. The van der Waals surface area contributed by atoms with E-state index in [1.165, 1.54) is 25.7 Å². The maximum atomic E-state index is 5.10. The SMILES string of the molecule is CCCNC(c1ccc(OC)nn1)C1CCCC(C)C1. The molecule has 3 atom stereocenters. The van der Waals surface area contributed by atoms with E-state index >= 15 is 0 Å². The predicted molar refractivity (Wildman–Crippen MR) is 80.7 cm³/mol. The van der Waals surface area contributed by atoms with Crippen LogP contribution in [0.2, 0.25) is 0 Å². The Morgan fingerprint density at radius 3 is 2.80 bits per heavy atom. The van der Waals surface area contributed by atoms with E-state index in [9.17, 15) is 0 Å². The lowest BCUT2D eigenvalue weighted by atomic mass is 9.77. The summed E-state index contributed by atoms with van der Waals surface area (Å²) >= 11 is 0. The second-order valence-corrected chi connectivity index (χ2v) is 5.96. The minimum Gasteiger partial charge on any atom is -0.480 e. The zero-order valence-electron chi connectivity index (χ0n) is 12.9. The van der Waals surface area contributed by atoms with Crippen LogP contribution in [0, 0.1) is 11.8 Å². The summed E-state index contributed by atoms with van der Waals surface area (Å²) in [5, 5.41) is 12.2. The number of nitrogens with zero attached hydrogens (tertiary/aromatic N) is 2. The second kappa shape index (κ2) is 7.58. The summed E-state index contributed by atoms with van der Waals surface area (Å²) < 4.78 is 5.10. The Balaban J connectivity index is 2.12. The van der Waals surface area contributed by atoms with Gasteiger partial charge in [0.1, 0.15) is 0 Å². The molecule has 4 nitrogen and oxygen atoms in total. The van der Waals surface area contributed by atoms with E-state index in [1.807, 2.05) is 6.07 Å². The lowest BCUT2D eigenvalue weighted by molar-refractivity contribution is 0.220. The first-order valence-electron chi connectivity index (χ1n) is 7.85. The molecular formula is C16H27N3O. The van der Waals surface area contributed by atoms with Crippen LogP contribution in [0.1, 0.15) is 57.7 Å². The largest absolute Gasteiger partial charge is 0.480 e. The molecule has 0 amide bonds. The molecule has 2 rings (SSSR count). The van der Waals surface area contributed by atoms with Crippen molar-refractivity contribution in [3.8, 4) is 5.88 Å². The molecule has 1 fully saturated rings. The van der Waals surface area contributed by atoms with Crippen LogP contribution in [-0.4, -0.2) is 23.9 Å². The van der Waals surface area contributed by atoms with Crippen molar-refractivity contribution in [2.24, 2.45) is 11.8 Å². The van der Waals surface area contributed by atoms with Crippen molar-refractivity contribution in [1.82, 2.24) is 15.5 Å². The van der Waals surface area contributed by atoms with Gasteiger partial charge in [-0.25, -0.2) is 0 Å². The van der Waals surface area contributed by atoms with Gasteiger partial charge in [0.25, 0.3) is 0 Å². The van der Waals surface area contributed by atoms with Gasteiger partial charge in [-0.05, 0) is 43.7 Å². The zero-order chi connectivity index (χ0) is 14.4. The number of rotatable bonds is 6. The van der Waals surface area contributed by atoms with Crippen molar-refractivity contribution in [1.29, 1.82) is 0 Å². The quantitative estimate of drug-likeness (QED) is 0.866. The summed E-state index contributed by atoms with van der Waals surface area (Å²) in [5.74, 6) is 2.08. The minimum absolute atomic E-state index is 0.330. The smallest absolute Gasteiger partial charge is 0.233 e. The molecule has 20 heavy (non-hydrogen) atoms. The first-order valence-corrected chi connectivity index (χ1v) is 7.85. The third-order valence-electron chi connectivity index (χ3n) is 4.25. The van der Waals surface area contributed by atoms with E-state index < -0.39 is 0 Å². The third-order valence-corrected chi connectivity index (χ3v) is 4.25. The van der Waals surface area contributed by atoms with Gasteiger partial charge in [0.05, 0.1) is 18.8 Å². The highest BCUT2D eigenvalue weighted by Gasteiger charge is 2.28. The van der Waals surface area contributed by atoms with Crippen LogP contribution in [0.5, 0.6) is 5.88 Å². The maximum absolute atomic E-state index is 5.10. The Morgan fingerprint density at radius 2 is 2.20 bits per heavy atom. The van der Waals surface area contributed by atoms with Crippen molar-refractivity contribution in [2.75, 3.05) is 13.7 Å². The molecule has 3 unspecified atom stereocenters. The molecule has 4 heteroatoms. The number of ether oxygens (including phenoxy) is 1. The molecule has 0 radical (unpaired) electrons. The van der Waals surface area contributed by atoms with Crippen LogP contribution in [0.3, 0.4) is 0 Å². The summed E-state index contributed by atoms with van der Waals surface area (Å²) in [6.07, 6.45) is 6.42. The van der Waals surface area contributed by atoms with Gasteiger partial charge in [0, 0.05) is 6.07 Å². The lowest BCUT2D eigenvalue weighted by Gasteiger charge is -2.33. The summed E-state index contributed by atoms with van der Waals surface area (Å²) in [6, 6.07) is 4.30. The van der Waals surface area contributed by atoms with Crippen LogP contribution in [0.25, 0.3) is 0 Å². The Hall–Kier alpha value is -1.16. The van der Waals surface area contributed by atoms with Gasteiger partial charge in [-0.15, -0.1) is 5.10 Å². The number of aromatic nitrogens is 2. The molecular weight excluding hydrogens is 250 g/mol. The average Bonchev–Trinajstić information content (AvgIpc) is 2.48. The molecule has 0 bridgehead atoms. The molecule has 1 aliphatic carbocycles. The van der Waals surface area contributed by atoms with Crippen LogP contribution in [0.15, 0.2) is 12.1 Å². The third kappa shape index (κ3) is 3.92.